The zero-order valence-electron chi connectivity index (χ0n) is 13.8. The summed E-state index contributed by atoms with van der Waals surface area (Å²) in [5, 5.41) is 3.32. The summed E-state index contributed by atoms with van der Waals surface area (Å²) in [6, 6.07) is 8.83. The van der Waals surface area contributed by atoms with E-state index in [1.165, 1.54) is 5.56 Å². The molecule has 2 rings (SSSR count). The van der Waals surface area contributed by atoms with Crippen LogP contribution in [0.4, 0.5) is 0 Å². The van der Waals surface area contributed by atoms with Crippen molar-refractivity contribution in [1.29, 1.82) is 0 Å². The molecule has 4 unspecified atom stereocenters. The van der Waals surface area contributed by atoms with Crippen LogP contribution in [0.3, 0.4) is 0 Å². The smallest absolute Gasteiger partial charge is 0.128 e. The quantitative estimate of drug-likeness (QED) is 0.791. The largest absolute Gasteiger partial charge is 0.487 e. The van der Waals surface area contributed by atoms with Crippen LogP contribution in [-0.4, -0.2) is 31.9 Å². The molecule has 0 bridgehead atoms. The Morgan fingerprint density at radius 1 is 1.29 bits per heavy atom. The maximum atomic E-state index is 6.28. The normalized spacial score (nSPS) is 26.2. The van der Waals surface area contributed by atoms with Gasteiger partial charge in [-0.15, -0.1) is 0 Å². The number of likely N-dealkylation sites (N-methyl/N-ethyl adjacent to an activating group) is 1. The lowest BCUT2D eigenvalue weighted by Crippen LogP contribution is -2.60. The second kappa shape index (κ2) is 7.81. The van der Waals surface area contributed by atoms with E-state index in [4.69, 9.17) is 9.47 Å². The molecule has 1 aromatic carbocycles. The molecule has 0 spiro atoms. The van der Waals surface area contributed by atoms with Crippen LogP contribution < -0.4 is 10.1 Å². The minimum atomic E-state index is 0.166. The Hall–Kier alpha value is -1.06. The molecule has 0 saturated heterocycles. The van der Waals surface area contributed by atoms with Crippen LogP contribution in [0.2, 0.25) is 0 Å². The Kier molecular flexibility index (Phi) is 6.07. The summed E-state index contributed by atoms with van der Waals surface area (Å²) in [6.07, 6.45) is 3.52. The van der Waals surface area contributed by atoms with Crippen molar-refractivity contribution in [3.05, 3.63) is 29.8 Å². The van der Waals surface area contributed by atoms with Crippen molar-refractivity contribution < 1.29 is 9.47 Å². The average Bonchev–Trinajstić information content (AvgIpc) is 2.51. The van der Waals surface area contributed by atoms with Gasteiger partial charge >= 0.3 is 0 Å². The predicted octanol–water partition coefficient (Wildman–Crippen LogP) is 3.73. The van der Waals surface area contributed by atoms with Gasteiger partial charge in [0.15, 0.2) is 0 Å². The van der Waals surface area contributed by atoms with E-state index in [0.29, 0.717) is 12.0 Å². The Balaban J connectivity index is 2.04. The van der Waals surface area contributed by atoms with Crippen LogP contribution >= 0.6 is 0 Å². The molecule has 0 heterocycles. The van der Waals surface area contributed by atoms with Gasteiger partial charge in [0.1, 0.15) is 18.0 Å². The van der Waals surface area contributed by atoms with Crippen molar-refractivity contribution in [3.63, 3.8) is 0 Å². The van der Waals surface area contributed by atoms with Crippen LogP contribution in [0.5, 0.6) is 5.75 Å². The predicted molar refractivity (Wildman–Crippen MR) is 87.1 cm³/mol. The number of hydrogen-bond donors (Lipinski definition) is 1. The molecule has 1 N–H and O–H groups in total. The van der Waals surface area contributed by atoms with E-state index in [2.05, 4.69) is 50.4 Å². The van der Waals surface area contributed by atoms with E-state index < -0.39 is 0 Å². The second-order valence-electron chi connectivity index (χ2n) is 5.97. The molecule has 118 valence electrons. The minimum absolute atomic E-state index is 0.166. The third kappa shape index (κ3) is 3.78. The van der Waals surface area contributed by atoms with Crippen LogP contribution in [-0.2, 0) is 4.74 Å². The Morgan fingerprint density at radius 3 is 2.71 bits per heavy atom. The van der Waals surface area contributed by atoms with Gasteiger partial charge in [-0.3, -0.25) is 0 Å². The lowest BCUT2D eigenvalue weighted by molar-refractivity contribution is -0.106. The standard InChI is InChI=1S/C18H29NO2/c1-5-11-20-18-15(19-4)12-17(18)21-16-10-8-7-9-14(16)13(3)6-2/h7-10,13,15,17-19H,5-6,11-12H2,1-4H3. The summed E-state index contributed by atoms with van der Waals surface area (Å²) in [5.74, 6) is 1.55. The third-order valence-corrected chi connectivity index (χ3v) is 4.48. The molecule has 0 aromatic heterocycles. The Morgan fingerprint density at radius 2 is 2.05 bits per heavy atom. The highest BCUT2D eigenvalue weighted by Crippen LogP contribution is 2.34. The van der Waals surface area contributed by atoms with Crippen LogP contribution in [0.1, 0.15) is 51.5 Å². The molecule has 1 aliphatic carbocycles. The first-order chi connectivity index (χ1) is 10.2. The molecule has 3 heteroatoms. The third-order valence-electron chi connectivity index (χ3n) is 4.48. The molecule has 0 aliphatic heterocycles. The Labute approximate surface area is 129 Å². The Bertz CT molecular complexity index is 435. The van der Waals surface area contributed by atoms with E-state index >= 15 is 0 Å². The first-order valence-electron chi connectivity index (χ1n) is 8.25. The molecule has 1 aliphatic rings. The summed E-state index contributed by atoms with van der Waals surface area (Å²) in [6.45, 7) is 7.41. The second-order valence-corrected chi connectivity index (χ2v) is 5.97. The van der Waals surface area contributed by atoms with Crippen molar-refractivity contribution in [2.75, 3.05) is 13.7 Å². The lowest BCUT2D eigenvalue weighted by atomic mass is 9.85. The van der Waals surface area contributed by atoms with Gasteiger partial charge in [0, 0.05) is 19.1 Å². The molecular weight excluding hydrogens is 262 g/mol. The molecule has 1 aromatic rings. The van der Waals surface area contributed by atoms with E-state index in [0.717, 1.165) is 31.6 Å². The molecule has 21 heavy (non-hydrogen) atoms. The molecule has 0 amide bonds. The fourth-order valence-corrected chi connectivity index (χ4v) is 2.83. The van der Waals surface area contributed by atoms with Crippen molar-refractivity contribution in [2.24, 2.45) is 0 Å². The SMILES string of the molecule is CCCOC1C(NC)CC1Oc1ccccc1C(C)CC. The maximum Gasteiger partial charge on any atom is 0.128 e. The van der Waals surface area contributed by atoms with E-state index in [1.807, 2.05) is 7.05 Å². The van der Waals surface area contributed by atoms with E-state index in [1.54, 1.807) is 0 Å². The van der Waals surface area contributed by atoms with Crippen LogP contribution in [0, 0.1) is 0 Å². The molecule has 1 saturated carbocycles. The molecule has 1 fully saturated rings. The van der Waals surface area contributed by atoms with Crippen molar-refractivity contribution >= 4 is 0 Å². The number of benzene rings is 1. The monoisotopic (exact) mass is 291 g/mol. The summed E-state index contributed by atoms with van der Waals surface area (Å²) in [4.78, 5) is 0. The van der Waals surface area contributed by atoms with Gasteiger partial charge in [0.2, 0.25) is 0 Å². The highest BCUT2D eigenvalue weighted by molar-refractivity contribution is 5.36. The summed E-state index contributed by atoms with van der Waals surface area (Å²) in [7, 11) is 2.00. The summed E-state index contributed by atoms with van der Waals surface area (Å²) < 4.78 is 12.2. The van der Waals surface area contributed by atoms with Crippen LogP contribution in [0.15, 0.2) is 24.3 Å². The van der Waals surface area contributed by atoms with E-state index in [9.17, 15) is 0 Å². The fraction of sp³-hybridized carbons (Fsp3) is 0.667. The average molecular weight is 291 g/mol. The topological polar surface area (TPSA) is 30.5 Å². The first-order valence-corrected chi connectivity index (χ1v) is 8.25. The number of ether oxygens (including phenoxy) is 2. The van der Waals surface area contributed by atoms with Crippen molar-refractivity contribution in [3.8, 4) is 5.75 Å². The molecule has 3 nitrogen and oxygen atoms in total. The van der Waals surface area contributed by atoms with E-state index in [-0.39, 0.29) is 12.2 Å². The zero-order chi connectivity index (χ0) is 15.2. The van der Waals surface area contributed by atoms with Crippen molar-refractivity contribution in [1.82, 2.24) is 5.32 Å². The molecule has 0 radical (unpaired) electrons. The van der Waals surface area contributed by atoms with Gasteiger partial charge in [-0.1, -0.05) is 39.0 Å². The highest BCUT2D eigenvalue weighted by Gasteiger charge is 2.43. The van der Waals surface area contributed by atoms with Crippen molar-refractivity contribution in [2.45, 2.75) is 64.2 Å². The number of nitrogens with one attached hydrogen (secondary N) is 1. The number of para-hydroxylation sites is 1. The number of rotatable bonds is 8. The summed E-state index contributed by atoms with van der Waals surface area (Å²) in [5.41, 5.74) is 1.31. The van der Waals surface area contributed by atoms with Gasteiger partial charge in [-0.25, -0.2) is 0 Å². The first kappa shape index (κ1) is 16.3. The number of hydrogen-bond acceptors (Lipinski definition) is 3. The van der Waals surface area contributed by atoms with Gasteiger partial charge in [-0.2, -0.15) is 0 Å². The van der Waals surface area contributed by atoms with Gasteiger partial charge in [-0.05, 0) is 37.4 Å². The zero-order valence-corrected chi connectivity index (χ0v) is 13.8. The molecular formula is C18H29NO2. The summed E-state index contributed by atoms with van der Waals surface area (Å²) >= 11 is 0. The maximum absolute atomic E-state index is 6.28. The lowest BCUT2D eigenvalue weighted by Gasteiger charge is -2.44. The highest BCUT2D eigenvalue weighted by atomic mass is 16.5. The molecule has 4 atom stereocenters. The van der Waals surface area contributed by atoms with Crippen LogP contribution in [0.25, 0.3) is 0 Å². The minimum Gasteiger partial charge on any atom is -0.487 e. The fourth-order valence-electron chi connectivity index (χ4n) is 2.83. The van der Waals surface area contributed by atoms with Gasteiger partial charge in [0.25, 0.3) is 0 Å². The van der Waals surface area contributed by atoms with Gasteiger partial charge < -0.3 is 14.8 Å². The van der Waals surface area contributed by atoms with Gasteiger partial charge in [0.05, 0.1) is 0 Å².